The van der Waals surface area contributed by atoms with Gasteiger partial charge in [0, 0.05) is 6.54 Å². The van der Waals surface area contributed by atoms with Crippen molar-refractivity contribution in [1.29, 1.82) is 0 Å². The van der Waals surface area contributed by atoms with Gasteiger partial charge in [-0.2, -0.15) is 0 Å². The molecule has 2 rings (SSSR count). The second-order valence-electron chi connectivity index (χ2n) is 4.69. The van der Waals surface area contributed by atoms with E-state index in [1.54, 1.807) is 0 Å². The van der Waals surface area contributed by atoms with Crippen LogP contribution in [-0.2, 0) is 11.3 Å². The van der Waals surface area contributed by atoms with Crippen molar-refractivity contribution in [3.05, 3.63) is 35.9 Å². The summed E-state index contributed by atoms with van der Waals surface area (Å²) < 4.78 is 5.23. The molecular weight excluding hydrogens is 246 g/mol. The van der Waals surface area contributed by atoms with Gasteiger partial charge >= 0.3 is 6.09 Å². The number of benzene rings is 1. The number of ether oxygens (including phenoxy) is 1. The zero-order chi connectivity index (χ0) is 13.7. The van der Waals surface area contributed by atoms with E-state index in [0.29, 0.717) is 13.0 Å². The number of amides is 1. The van der Waals surface area contributed by atoms with Crippen molar-refractivity contribution in [2.75, 3.05) is 13.2 Å². The summed E-state index contributed by atoms with van der Waals surface area (Å²) in [6.45, 7) is 0.445. The average Bonchev–Trinajstić information content (AvgIpc) is 2.94. The minimum Gasteiger partial charge on any atom is -0.445 e. The van der Waals surface area contributed by atoms with Crippen molar-refractivity contribution >= 4 is 6.09 Å². The SMILES string of the molecule is O=C(OCc1ccccc1)N1CCC[C@H]1[C@@H](O)CO. The molecule has 0 saturated carbocycles. The van der Waals surface area contributed by atoms with E-state index < -0.39 is 12.2 Å². The van der Waals surface area contributed by atoms with Crippen molar-refractivity contribution in [2.45, 2.75) is 31.6 Å². The van der Waals surface area contributed by atoms with E-state index in [1.165, 1.54) is 4.90 Å². The Morgan fingerprint density at radius 1 is 1.42 bits per heavy atom. The van der Waals surface area contributed by atoms with Gasteiger partial charge in [0.25, 0.3) is 0 Å². The van der Waals surface area contributed by atoms with Crippen LogP contribution in [0.2, 0.25) is 0 Å². The van der Waals surface area contributed by atoms with Crippen LogP contribution in [0.3, 0.4) is 0 Å². The minimum atomic E-state index is -0.897. The molecule has 2 N–H and O–H groups in total. The molecular formula is C14H19NO4. The first-order valence-electron chi connectivity index (χ1n) is 6.48. The molecule has 1 amide bonds. The second-order valence-corrected chi connectivity index (χ2v) is 4.69. The van der Waals surface area contributed by atoms with Crippen LogP contribution in [0.25, 0.3) is 0 Å². The first-order chi connectivity index (χ1) is 9.22. The van der Waals surface area contributed by atoms with Crippen molar-refractivity contribution < 1.29 is 19.7 Å². The van der Waals surface area contributed by atoms with Crippen LogP contribution in [-0.4, -0.2) is 46.5 Å². The van der Waals surface area contributed by atoms with E-state index in [1.807, 2.05) is 30.3 Å². The molecule has 0 aliphatic carbocycles. The van der Waals surface area contributed by atoms with Crippen LogP contribution in [0.1, 0.15) is 18.4 Å². The normalized spacial score (nSPS) is 20.3. The van der Waals surface area contributed by atoms with Gasteiger partial charge in [0.2, 0.25) is 0 Å². The summed E-state index contributed by atoms with van der Waals surface area (Å²) in [7, 11) is 0. The van der Waals surface area contributed by atoms with E-state index in [2.05, 4.69) is 0 Å². The van der Waals surface area contributed by atoms with Crippen LogP contribution >= 0.6 is 0 Å². The molecule has 1 saturated heterocycles. The van der Waals surface area contributed by atoms with E-state index in [0.717, 1.165) is 12.0 Å². The van der Waals surface area contributed by atoms with Gasteiger partial charge < -0.3 is 19.8 Å². The molecule has 1 aliphatic heterocycles. The maximum atomic E-state index is 12.0. The Kier molecular flexibility index (Phi) is 4.76. The summed E-state index contributed by atoms with van der Waals surface area (Å²) in [5.41, 5.74) is 0.925. The summed E-state index contributed by atoms with van der Waals surface area (Å²) in [4.78, 5) is 13.5. The highest BCUT2D eigenvalue weighted by molar-refractivity contribution is 5.68. The Hall–Kier alpha value is -1.59. The highest BCUT2D eigenvalue weighted by Gasteiger charge is 2.34. The molecule has 0 aromatic heterocycles. The molecule has 104 valence electrons. The highest BCUT2D eigenvalue weighted by Crippen LogP contribution is 2.21. The topological polar surface area (TPSA) is 70.0 Å². The van der Waals surface area contributed by atoms with Crippen LogP contribution < -0.4 is 0 Å². The predicted molar refractivity (Wildman–Crippen MR) is 69.4 cm³/mol. The van der Waals surface area contributed by atoms with Crippen molar-refractivity contribution in [3.63, 3.8) is 0 Å². The van der Waals surface area contributed by atoms with E-state index >= 15 is 0 Å². The Bertz CT molecular complexity index is 409. The number of hydrogen-bond acceptors (Lipinski definition) is 4. The largest absolute Gasteiger partial charge is 0.445 e. The van der Waals surface area contributed by atoms with Crippen LogP contribution in [0.5, 0.6) is 0 Å². The minimum absolute atomic E-state index is 0.220. The Balaban J connectivity index is 1.89. The number of hydrogen-bond donors (Lipinski definition) is 2. The van der Waals surface area contributed by atoms with Gasteiger partial charge in [-0.15, -0.1) is 0 Å². The molecule has 0 unspecified atom stereocenters. The molecule has 5 heteroatoms. The smallest absolute Gasteiger partial charge is 0.410 e. The van der Waals surface area contributed by atoms with Gasteiger partial charge in [0.1, 0.15) is 6.61 Å². The molecule has 1 aliphatic rings. The highest BCUT2D eigenvalue weighted by atomic mass is 16.6. The summed E-state index contributed by atoms with van der Waals surface area (Å²) in [5.74, 6) is 0. The van der Waals surface area contributed by atoms with Gasteiger partial charge in [-0.3, -0.25) is 0 Å². The van der Waals surface area contributed by atoms with Gasteiger partial charge in [-0.1, -0.05) is 30.3 Å². The summed E-state index contributed by atoms with van der Waals surface area (Å²) in [6, 6.07) is 9.11. The number of aliphatic hydroxyl groups is 2. The monoisotopic (exact) mass is 265 g/mol. The number of aliphatic hydroxyl groups excluding tert-OH is 2. The van der Waals surface area contributed by atoms with Crippen LogP contribution in [0, 0.1) is 0 Å². The summed E-state index contributed by atoms with van der Waals surface area (Å²) in [6.07, 6.45) is 0.190. The van der Waals surface area contributed by atoms with Gasteiger partial charge in [-0.25, -0.2) is 4.79 Å². The van der Waals surface area contributed by atoms with Gasteiger partial charge in [-0.05, 0) is 18.4 Å². The Morgan fingerprint density at radius 3 is 2.84 bits per heavy atom. The third kappa shape index (κ3) is 3.45. The number of carbonyl (C=O) groups excluding carboxylic acids is 1. The summed E-state index contributed by atoms with van der Waals surface area (Å²) >= 11 is 0. The number of rotatable bonds is 4. The second kappa shape index (κ2) is 6.54. The van der Waals surface area contributed by atoms with Crippen molar-refractivity contribution in [2.24, 2.45) is 0 Å². The Labute approximate surface area is 112 Å². The molecule has 1 aromatic carbocycles. The van der Waals surface area contributed by atoms with E-state index in [4.69, 9.17) is 9.84 Å². The number of likely N-dealkylation sites (tertiary alicyclic amines) is 1. The number of carbonyl (C=O) groups is 1. The maximum Gasteiger partial charge on any atom is 0.410 e. The van der Waals surface area contributed by atoms with Crippen molar-refractivity contribution in [1.82, 2.24) is 4.90 Å². The molecule has 0 spiro atoms. The summed E-state index contributed by atoms with van der Waals surface area (Å²) in [5, 5.41) is 18.6. The lowest BCUT2D eigenvalue weighted by Crippen LogP contribution is -2.44. The van der Waals surface area contributed by atoms with Crippen LogP contribution in [0.4, 0.5) is 4.79 Å². The lowest BCUT2D eigenvalue weighted by molar-refractivity contribution is 0.0199. The fourth-order valence-electron chi connectivity index (χ4n) is 2.34. The van der Waals surface area contributed by atoms with Gasteiger partial charge in [0.15, 0.2) is 0 Å². The molecule has 0 radical (unpaired) electrons. The molecule has 0 bridgehead atoms. The Morgan fingerprint density at radius 2 is 2.16 bits per heavy atom. The number of nitrogens with zero attached hydrogens (tertiary/aromatic N) is 1. The lowest BCUT2D eigenvalue weighted by Gasteiger charge is -2.26. The molecule has 1 aromatic rings. The fraction of sp³-hybridized carbons (Fsp3) is 0.500. The fourth-order valence-corrected chi connectivity index (χ4v) is 2.34. The average molecular weight is 265 g/mol. The quantitative estimate of drug-likeness (QED) is 0.856. The standard InChI is InChI=1S/C14H19NO4/c16-9-13(17)12-7-4-8-15(12)14(18)19-10-11-5-2-1-3-6-11/h1-3,5-6,12-13,16-17H,4,7-10H2/t12-,13-/m0/s1. The van der Waals surface area contributed by atoms with E-state index in [9.17, 15) is 9.90 Å². The first kappa shape index (κ1) is 13.8. The van der Waals surface area contributed by atoms with Crippen molar-refractivity contribution in [3.8, 4) is 0 Å². The van der Waals surface area contributed by atoms with E-state index in [-0.39, 0.29) is 19.3 Å². The maximum absolute atomic E-state index is 12.0. The molecule has 1 heterocycles. The third-order valence-electron chi connectivity index (χ3n) is 3.37. The molecule has 19 heavy (non-hydrogen) atoms. The molecule has 2 atom stereocenters. The zero-order valence-corrected chi connectivity index (χ0v) is 10.7. The van der Waals surface area contributed by atoms with Gasteiger partial charge in [0.05, 0.1) is 18.8 Å². The molecule has 5 nitrogen and oxygen atoms in total. The van der Waals surface area contributed by atoms with Crippen LogP contribution in [0.15, 0.2) is 30.3 Å². The molecule has 1 fully saturated rings. The first-order valence-corrected chi connectivity index (χ1v) is 6.48. The predicted octanol–water partition coefficient (Wildman–Crippen LogP) is 1.14. The lowest BCUT2D eigenvalue weighted by atomic mass is 10.1. The zero-order valence-electron chi connectivity index (χ0n) is 10.7. The third-order valence-corrected chi connectivity index (χ3v) is 3.37.